The number of hydrogen-bond donors (Lipinski definition) is 3. The van der Waals surface area contributed by atoms with Crippen LogP contribution in [0.25, 0.3) is 0 Å². The van der Waals surface area contributed by atoms with Crippen molar-refractivity contribution in [3.05, 3.63) is 0 Å². The largest absolute Gasteiger partial charge is 0.327 e. The van der Waals surface area contributed by atoms with Crippen LogP contribution in [0.15, 0.2) is 0 Å². The van der Waals surface area contributed by atoms with E-state index in [1.807, 2.05) is 0 Å². The molecule has 1 aliphatic carbocycles. The lowest BCUT2D eigenvalue weighted by Crippen LogP contribution is -2.48. The van der Waals surface area contributed by atoms with Crippen molar-refractivity contribution >= 4 is 10.2 Å². The summed E-state index contributed by atoms with van der Waals surface area (Å²) in [6.45, 7) is 2.04. The lowest BCUT2D eigenvalue weighted by Gasteiger charge is -2.26. The summed E-state index contributed by atoms with van der Waals surface area (Å²) < 4.78 is 27.5. The highest BCUT2D eigenvalue weighted by Crippen LogP contribution is 2.18. The summed E-state index contributed by atoms with van der Waals surface area (Å²) >= 11 is 0. The second kappa shape index (κ2) is 4.36. The first-order valence-electron chi connectivity index (χ1n) is 4.52. The summed E-state index contributed by atoms with van der Waals surface area (Å²) in [6, 6.07) is -0.0245. The Labute approximate surface area is 79.3 Å². The van der Waals surface area contributed by atoms with Crippen LogP contribution >= 0.6 is 0 Å². The Morgan fingerprint density at radius 1 is 1.54 bits per heavy atom. The Hall–Kier alpha value is -0.170. The van der Waals surface area contributed by atoms with Crippen molar-refractivity contribution in [1.29, 1.82) is 0 Å². The smallest absolute Gasteiger partial charge is 0.277 e. The first-order valence-corrected chi connectivity index (χ1v) is 6.00. The molecule has 5 nitrogen and oxygen atoms in total. The number of rotatable bonds is 5. The highest BCUT2D eigenvalue weighted by molar-refractivity contribution is 7.87. The van der Waals surface area contributed by atoms with Crippen LogP contribution in [0.4, 0.5) is 0 Å². The van der Waals surface area contributed by atoms with E-state index in [1.165, 1.54) is 0 Å². The summed E-state index contributed by atoms with van der Waals surface area (Å²) in [7, 11) is -3.32. The van der Waals surface area contributed by atoms with Gasteiger partial charge in [0.15, 0.2) is 0 Å². The molecule has 0 aromatic heterocycles. The molecule has 1 unspecified atom stereocenters. The zero-order chi connectivity index (χ0) is 9.90. The van der Waals surface area contributed by atoms with Crippen molar-refractivity contribution in [3.63, 3.8) is 0 Å². The second-order valence-electron chi connectivity index (χ2n) is 3.57. The standard InChI is InChI=1S/C7H17N3O2S/c1-6(8)5-9-13(11,12)10-7-3-2-4-7/h6-7,9-10H,2-5,8H2,1H3. The van der Waals surface area contributed by atoms with E-state index in [-0.39, 0.29) is 18.6 Å². The zero-order valence-electron chi connectivity index (χ0n) is 7.79. The molecule has 0 radical (unpaired) electrons. The van der Waals surface area contributed by atoms with Crippen LogP contribution in [-0.4, -0.2) is 27.0 Å². The van der Waals surface area contributed by atoms with Gasteiger partial charge in [0.05, 0.1) is 0 Å². The van der Waals surface area contributed by atoms with Crippen LogP contribution in [0.1, 0.15) is 26.2 Å². The first-order chi connectivity index (χ1) is 5.99. The van der Waals surface area contributed by atoms with Gasteiger partial charge in [-0.2, -0.15) is 13.1 Å². The van der Waals surface area contributed by atoms with E-state index in [0.29, 0.717) is 0 Å². The molecule has 0 bridgehead atoms. The van der Waals surface area contributed by atoms with Gasteiger partial charge in [0.2, 0.25) is 0 Å². The molecular formula is C7H17N3O2S. The molecule has 0 heterocycles. The van der Waals surface area contributed by atoms with Crippen molar-refractivity contribution in [1.82, 2.24) is 9.44 Å². The van der Waals surface area contributed by atoms with E-state index in [2.05, 4.69) is 9.44 Å². The predicted octanol–water partition coefficient (Wildman–Crippen LogP) is -0.690. The van der Waals surface area contributed by atoms with Crippen molar-refractivity contribution in [2.24, 2.45) is 5.73 Å². The normalized spacial score (nSPS) is 21.1. The average molecular weight is 207 g/mol. The summed E-state index contributed by atoms with van der Waals surface area (Å²) in [5.41, 5.74) is 5.42. The Morgan fingerprint density at radius 2 is 2.15 bits per heavy atom. The van der Waals surface area contributed by atoms with Crippen LogP contribution in [0, 0.1) is 0 Å². The van der Waals surface area contributed by atoms with Gasteiger partial charge in [-0.15, -0.1) is 0 Å². The van der Waals surface area contributed by atoms with Gasteiger partial charge in [-0.05, 0) is 19.8 Å². The van der Waals surface area contributed by atoms with Gasteiger partial charge < -0.3 is 5.73 Å². The maximum atomic E-state index is 11.3. The number of nitrogens with two attached hydrogens (primary N) is 1. The predicted molar refractivity (Wildman–Crippen MR) is 51.3 cm³/mol. The SMILES string of the molecule is CC(N)CNS(=O)(=O)NC1CCC1. The number of nitrogens with one attached hydrogen (secondary N) is 2. The number of hydrogen-bond acceptors (Lipinski definition) is 3. The van der Waals surface area contributed by atoms with Crippen molar-refractivity contribution in [2.45, 2.75) is 38.3 Å². The summed E-state index contributed by atoms with van der Waals surface area (Å²) in [4.78, 5) is 0. The van der Waals surface area contributed by atoms with E-state index in [4.69, 9.17) is 5.73 Å². The fourth-order valence-corrected chi connectivity index (χ4v) is 2.27. The van der Waals surface area contributed by atoms with Gasteiger partial charge in [0.25, 0.3) is 10.2 Å². The topological polar surface area (TPSA) is 84.2 Å². The maximum Gasteiger partial charge on any atom is 0.277 e. The molecule has 1 rings (SSSR count). The molecule has 0 aliphatic heterocycles. The first kappa shape index (κ1) is 10.9. The second-order valence-corrected chi connectivity index (χ2v) is 5.11. The van der Waals surface area contributed by atoms with Gasteiger partial charge >= 0.3 is 0 Å². The van der Waals surface area contributed by atoms with Crippen LogP contribution < -0.4 is 15.2 Å². The van der Waals surface area contributed by atoms with Gasteiger partial charge in [0, 0.05) is 18.6 Å². The van der Waals surface area contributed by atoms with Crippen LogP contribution in [-0.2, 0) is 10.2 Å². The maximum absolute atomic E-state index is 11.3. The molecule has 1 atom stereocenters. The molecule has 1 aliphatic rings. The molecule has 6 heteroatoms. The van der Waals surface area contributed by atoms with E-state index < -0.39 is 10.2 Å². The molecule has 1 saturated carbocycles. The van der Waals surface area contributed by atoms with Gasteiger partial charge in [-0.1, -0.05) is 6.42 Å². The Balaban J connectivity index is 2.28. The van der Waals surface area contributed by atoms with Gasteiger partial charge in [-0.25, -0.2) is 4.72 Å². The minimum atomic E-state index is -3.32. The molecule has 0 spiro atoms. The fraction of sp³-hybridized carbons (Fsp3) is 1.00. The summed E-state index contributed by atoms with van der Waals surface area (Å²) in [5.74, 6) is 0. The summed E-state index contributed by atoms with van der Waals surface area (Å²) in [6.07, 6.45) is 3.00. The van der Waals surface area contributed by atoms with E-state index in [0.717, 1.165) is 19.3 Å². The Kier molecular flexibility index (Phi) is 3.66. The fourth-order valence-electron chi connectivity index (χ4n) is 1.03. The average Bonchev–Trinajstić information content (AvgIpc) is 1.94. The van der Waals surface area contributed by atoms with Crippen molar-refractivity contribution in [2.75, 3.05) is 6.54 Å². The van der Waals surface area contributed by atoms with Crippen LogP contribution in [0.5, 0.6) is 0 Å². The van der Waals surface area contributed by atoms with Crippen molar-refractivity contribution < 1.29 is 8.42 Å². The molecule has 0 aromatic rings. The molecule has 4 N–H and O–H groups in total. The third-order valence-electron chi connectivity index (χ3n) is 2.02. The third-order valence-corrected chi connectivity index (χ3v) is 3.21. The minimum absolute atomic E-state index is 0.130. The molecular weight excluding hydrogens is 190 g/mol. The lowest BCUT2D eigenvalue weighted by atomic mass is 9.94. The minimum Gasteiger partial charge on any atom is -0.327 e. The molecule has 0 amide bonds. The molecule has 0 saturated heterocycles. The molecule has 78 valence electrons. The lowest BCUT2D eigenvalue weighted by molar-refractivity contribution is 0.381. The van der Waals surface area contributed by atoms with E-state index >= 15 is 0 Å². The quantitative estimate of drug-likeness (QED) is 0.558. The highest BCUT2D eigenvalue weighted by atomic mass is 32.2. The van der Waals surface area contributed by atoms with Gasteiger partial charge in [0.1, 0.15) is 0 Å². The van der Waals surface area contributed by atoms with Crippen LogP contribution in [0.2, 0.25) is 0 Å². The van der Waals surface area contributed by atoms with Gasteiger partial charge in [-0.3, -0.25) is 0 Å². The van der Waals surface area contributed by atoms with Crippen molar-refractivity contribution in [3.8, 4) is 0 Å². The Bertz CT molecular complexity index is 246. The molecule has 13 heavy (non-hydrogen) atoms. The highest BCUT2D eigenvalue weighted by Gasteiger charge is 2.22. The molecule has 1 fully saturated rings. The van der Waals surface area contributed by atoms with E-state index in [9.17, 15) is 8.42 Å². The summed E-state index contributed by atoms with van der Waals surface area (Å²) in [5, 5.41) is 0. The third kappa shape index (κ3) is 4.04. The van der Waals surface area contributed by atoms with Crippen LogP contribution in [0.3, 0.4) is 0 Å². The Morgan fingerprint density at radius 3 is 2.54 bits per heavy atom. The van der Waals surface area contributed by atoms with E-state index in [1.54, 1.807) is 6.92 Å². The molecule has 0 aromatic carbocycles. The zero-order valence-corrected chi connectivity index (χ0v) is 8.60. The monoisotopic (exact) mass is 207 g/mol.